The average molecular weight is 325 g/mol. The number of rotatable bonds is 6. The SMILES string of the molecule is CCNc1ncc(C(=O)NCCc2nc(C)cs2)cc1Cl. The first kappa shape index (κ1) is 15.7. The monoisotopic (exact) mass is 324 g/mol. The molecule has 2 N–H and O–H groups in total. The number of aromatic nitrogens is 2. The molecule has 2 heterocycles. The van der Waals surface area contributed by atoms with Crippen LogP contribution in [0, 0.1) is 6.92 Å². The summed E-state index contributed by atoms with van der Waals surface area (Å²) in [5.74, 6) is 0.412. The summed E-state index contributed by atoms with van der Waals surface area (Å²) < 4.78 is 0. The Morgan fingerprint density at radius 3 is 2.90 bits per heavy atom. The van der Waals surface area contributed by atoms with Crippen LogP contribution in [0.3, 0.4) is 0 Å². The number of halogens is 1. The summed E-state index contributed by atoms with van der Waals surface area (Å²) in [7, 11) is 0. The molecule has 2 aromatic rings. The molecule has 0 aliphatic heterocycles. The second kappa shape index (κ2) is 7.38. The third-order valence-electron chi connectivity index (χ3n) is 2.74. The van der Waals surface area contributed by atoms with Gasteiger partial charge in [0.05, 0.1) is 15.6 Å². The van der Waals surface area contributed by atoms with E-state index in [2.05, 4.69) is 20.6 Å². The summed E-state index contributed by atoms with van der Waals surface area (Å²) in [6, 6.07) is 1.62. The molecule has 7 heteroatoms. The Morgan fingerprint density at radius 1 is 1.48 bits per heavy atom. The van der Waals surface area contributed by atoms with Gasteiger partial charge in [-0.1, -0.05) is 11.6 Å². The van der Waals surface area contributed by atoms with Crippen molar-refractivity contribution in [3.05, 3.63) is 38.9 Å². The molecule has 2 rings (SSSR count). The fraction of sp³-hybridized carbons (Fsp3) is 0.357. The lowest BCUT2D eigenvalue weighted by molar-refractivity contribution is 0.0954. The standard InChI is InChI=1S/C14H17ClN4OS/c1-3-16-13-11(15)6-10(7-18-13)14(20)17-5-4-12-19-9(2)8-21-12/h6-8H,3-5H2,1-2H3,(H,16,18)(H,17,20). The number of aryl methyl sites for hydroxylation is 1. The highest BCUT2D eigenvalue weighted by Crippen LogP contribution is 2.19. The molecule has 2 aromatic heterocycles. The summed E-state index contributed by atoms with van der Waals surface area (Å²) in [5, 5.41) is 9.34. The van der Waals surface area contributed by atoms with E-state index < -0.39 is 0 Å². The van der Waals surface area contributed by atoms with E-state index in [0.717, 1.165) is 23.7 Å². The molecule has 0 aromatic carbocycles. The largest absolute Gasteiger partial charge is 0.369 e. The van der Waals surface area contributed by atoms with Crippen molar-refractivity contribution in [1.29, 1.82) is 0 Å². The van der Waals surface area contributed by atoms with Gasteiger partial charge in [-0.05, 0) is 19.9 Å². The van der Waals surface area contributed by atoms with Gasteiger partial charge in [0, 0.05) is 36.8 Å². The Kier molecular flexibility index (Phi) is 5.52. The topological polar surface area (TPSA) is 66.9 Å². The minimum absolute atomic E-state index is 0.180. The van der Waals surface area contributed by atoms with E-state index in [1.54, 1.807) is 17.4 Å². The molecule has 0 atom stereocenters. The predicted molar refractivity (Wildman–Crippen MR) is 86.3 cm³/mol. The van der Waals surface area contributed by atoms with Crippen molar-refractivity contribution in [2.24, 2.45) is 0 Å². The van der Waals surface area contributed by atoms with E-state index in [1.807, 2.05) is 19.2 Å². The number of hydrogen-bond donors (Lipinski definition) is 2. The van der Waals surface area contributed by atoms with Crippen LogP contribution in [0.4, 0.5) is 5.82 Å². The van der Waals surface area contributed by atoms with Crippen LogP contribution in [0.2, 0.25) is 5.02 Å². The summed E-state index contributed by atoms with van der Waals surface area (Å²) in [4.78, 5) is 20.5. The number of pyridine rings is 1. The molecule has 21 heavy (non-hydrogen) atoms. The summed E-state index contributed by atoms with van der Waals surface area (Å²) in [5.41, 5.74) is 1.47. The van der Waals surface area contributed by atoms with Crippen molar-refractivity contribution in [2.45, 2.75) is 20.3 Å². The Morgan fingerprint density at radius 2 is 2.29 bits per heavy atom. The number of hydrogen-bond acceptors (Lipinski definition) is 5. The Hall–Kier alpha value is -1.66. The third kappa shape index (κ3) is 4.41. The van der Waals surface area contributed by atoms with Crippen LogP contribution in [-0.4, -0.2) is 29.0 Å². The molecule has 0 aliphatic rings. The van der Waals surface area contributed by atoms with E-state index in [9.17, 15) is 4.79 Å². The molecular weight excluding hydrogens is 308 g/mol. The van der Waals surface area contributed by atoms with Gasteiger partial charge >= 0.3 is 0 Å². The first-order chi connectivity index (χ1) is 10.1. The maximum atomic E-state index is 12.0. The maximum Gasteiger partial charge on any atom is 0.252 e. The molecule has 0 saturated carbocycles. The van der Waals surface area contributed by atoms with Crippen LogP contribution in [-0.2, 0) is 6.42 Å². The second-order valence-electron chi connectivity index (χ2n) is 4.47. The van der Waals surface area contributed by atoms with Crippen molar-refractivity contribution >= 4 is 34.7 Å². The van der Waals surface area contributed by atoms with E-state index in [-0.39, 0.29) is 5.91 Å². The molecular formula is C14H17ClN4OS. The summed E-state index contributed by atoms with van der Waals surface area (Å²) in [6.07, 6.45) is 2.24. The number of nitrogens with zero attached hydrogens (tertiary/aromatic N) is 2. The van der Waals surface area contributed by atoms with Crippen LogP contribution in [0.1, 0.15) is 28.0 Å². The van der Waals surface area contributed by atoms with E-state index in [1.165, 1.54) is 6.20 Å². The van der Waals surface area contributed by atoms with Crippen molar-refractivity contribution in [1.82, 2.24) is 15.3 Å². The molecule has 0 aliphatic carbocycles. The number of nitrogens with one attached hydrogen (secondary N) is 2. The normalized spacial score (nSPS) is 10.4. The van der Waals surface area contributed by atoms with Gasteiger partial charge in [0.15, 0.2) is 0 Å². The van der Waals surface area contributed by atoms with E-state index >= 15 is 0 Å². The van der Waals surface area contributed by atoms with Gasteiger partial charge in [-0.25, -0.2) is 9.97 Å². The van der Waals surface area contributed by atoms with Gasteiger partial charge in [-0.2, -0.15) is 0 Å². The fourth-order valence-corrected chi connectivity index (χ4v) is 2.77. The van der Waals surface area contributed by atoms with Gasteiger partial charge in [0.2, 0.25) is 0 Å². The molecule has 5 nitrogen and oxygen atoms in total. The van der Waals surface area contributed by atoms with Crippen molar-refractivity contribution in [3.8, 4) is 0 Å². The number of anilines is 1. The predicted octanol–water partition coefficient (Wildman–Crippen LogP) is 2.90. The minimum Gasteiger partial charge on any atom is -0.369 e. The molecule has 0 spiro atoms. The lowest BCUT2D eigenvalue weighted by Crippen LogP contribution is -2.25. The van der Waals surface area contributed by atoms with Crippen molar-refractivity contribution in [2.75, 3.05) is 18.4 Å². The van der Waals surface area contributed by atoms with Gasteiger partial charge in [0.25, 0.3) is 5.91 Å². The Labute approximate surface area is 132 Å². The molecule has 0 bridgehead atoms. The van der Waals surface area contributed by atoms with E-state index in [4.69, 9.17) is 11.6 Å². The lowest BCUT2D eigenvalue weighted by Gasteiger charge is -2.07. The van der Waals surface area contributed by atoms with Gasteiger partial charge < -0.3 is 10.6 Å². The van der Waals surface area contributed by atoms with Gasteiger partial charge in [0.1, 0.15) is 5.82 Å². The first-order valence-corrected chi connectivity index (χ1v) is 7.94. The van der Waals surface area contributed by atoms with Gasteiger partial charge in [-0.15, -0.1) is 11.3 Å². The second-order valence-corrected chi connectivity index (χ2v) is 5.82. The number of carbonyl (C=O) groups excluding carboxylic acids is 1. The first-order valence-electron chi connectivity index (χ1n) is 6.68. The number of thiazole rings is 1. The maximum absolute atomic E-state index is 12.0. The summed E-state index contributed by atoms with van der Waals surface area (Å²) >= 11 is 7.67. The third-order valence-corrected chi connectivity index (χ3v) is 4.05. The molecule has 112 valence electrons. The molecule has 1 amide bonds. The minimum atomic E-state index is -0.180. The molecule has 0 unspecified atom stereocenters. The van der Waals surface area contributed by atoms with Crippen molar-refractivity contribution in [3.63, 3.8) is 0 Å². The highest BCUT2D eigenvalue weighted by molar-refractivity contribution is 7.09. The zero-order valence-electron chi connectivity index (χ0n) is 11.9. The zero-order valence-corrected chi connectivity index (χ0v) is 13.5. The quantitative estimate of drug-likeness (QED) is 0.857. The summed E-state index contributed by atoms with van der Waals surface area (Å²) in [6.45, 7) is 5.18. The Bertz CT molecular complexity index is 629. The van der Waals surface area contributed by atoms with Crippen LogP contribution < -0.4 is 10.6 Å². The van der Waals surface area contributed by atoms with Crippen LogP contribution >= 0.6 is 22.9 Å². The molecule has 0 saturated heterocycles. The van der Waals surface area contributed by atoms with Crippen molar-refractivity contribution < 1.29 is 4.79 Å². The average Bonchev–Trinajstić information content (AvgIpc) is 2.87. The smallest absolute Gasteiger partial charge is 0.252 e. The molecule has 0 radical (unpaired) electrons. The number of amides is 1. The van der Waals surface area contributed by atoms with Crippen LogP contribution in [0.15, 0.2) is 17.6 Å². The van der Waals surface area contributed by atoms with Gasteiger partial charge in [-0.3, -0.25) is 4.79 Å². The van der Waals surface area contributed by atoms with Crippen LogP contribution in [0.25, 0.3) is 0 Å². The Balaban J connectivity index is 1.89. The lowest BCUT2D eigenvalue weighted by atomic mass is 10.2. The highest BCUT2D eigenvalue weighted by atomic mass is 35.5. The fourth-order valence-electron chi connectivity index (χ4n) is 1.76. The zero-order chi connectivity index (χ0) is 15.2. The van der Waals surface area contributed by atoms with E-state index in [0.29, 0.717) is 22.9 Å². The molecule has 0 fully saturated rings. The van der Waals surface area contributed by atoms with Crippen LogP contribution in [0.5, 0.6) is 0 Å². The highest BCUT2D eigenvalue weighted by Gasteiger charge is 2.09. The number of carbonyl (C=O) groups is 1.